The second-order valence-corrected chi connectivity index (χ2v) is 5.44. The van der Waals surface area contributed by atoms with Crippen LogP contribution in [0.5, 0.6) is 5.75 Å². The zero-order valence-corrected chi connectivity index (χ0v) is 10.8. The van der Waals surface area contributed by atoms with E-state index in [0.717, 1.165) is 12.8 Å². The zero-order chi connectivity index (χ0) is 13.1. The quantitative estimate of drug-likeness (QED) is 0.794. The molecule has 0 aliphatic heterocycles. The Morgan fingerprint density at radius 2 is 1.83 bits per heavy atom. The first-order valence-electron chi connectivity index (χ1n) is 6.44. The van der Waals surface area contributed by atoms with Crippen molar-refractivity contribution in [2.24, 2.45) is 11.8 Å². The Morgan fingerprint density at radius 3 is 2.44 bits per heavy atom. The van der Waals surface area contributed by atoms with Gasteiger partial charge in [-0.25, -0.2) is 4.39 Å². The van der Waals surface area contributed by atoms with Crippen LogP contribution in [-0.2, 0) is 0 Å². The van der Waals surface area contributed by atoms with E-state index in [2.05, 4.69) is 13.8 Å². The molecule has 1 aliphatic carbocycles. The van der Waals surface area contributed by atoms with E-state index in [-0.39, 0.29) is 6.10 Å². The summed E-state index contributed by atoms with van der Waals surface area (Å²) >= 11 is 0. The predicted molar refractivity (Wildman–Crippen MR) is 67.7 cm³/mol. The van der Waals surface area contributed by atoms with E-state index in [1.54, 1.807) is 6.07 Å². The Labute approximate surface area is 107 Å². The van der Waals surface area contributed by atoms with Crippen LogP contribution in [-0.4, -0.2) is 6.10 Å². The van der Waals surface area contributed by atoms with Crippen LogP contribution in [0, 0.1) is 29.0 Å². The standard InChI is InChI=1S/C15H18FNO/c1-10-3-11(2)5-14(4-10)18-15-7-12(9-17)6-13(16)8-15/h6-8,10-11,14H,3-5H2,1-2H3. The molecular formula is C15H18FNO. The summed E-state index contributed by atoms with van der Waals surface area (Å²) in [6, 6.07) is 6.12. The minimum Gasteiger partial charge on any atom is -0.490 e. The number of ether oxygens (including phenoxy) is 1. The van der Waals surface area contributed by atoms with Crippen molar-refractivity contribution in [3.63, 3.8) is 0 Å². The lowest BCUT2D eigenvalue weighted by molar-refractivity contribution is 0.101. The highest BCUT2D eigenvalue weighted by atomic mass is 19.1. The summed E-state index contributed by atoms with van der Waals surface area (Å²) in [4.78, 5) is 0. The van der Waals surface area contributed by atoms with Crippen molar-refractivity contribution >= 4 is 0 Å². The topological polar surface area (TPSA) is 33.0 Å². The summed E-state index contributed by atoms with van der Waals surface area (Å²) in [7, 11) is 0. The van der Waals surface area contributed by atoms with Gasteiger partial charge in [0.1, 0.15) is 11.6 Å². The molecule has 1 saturated carbocycles. The van der Waals surface area contributed by atoms with Crippen molar-refractivity contribution in [2.45, 2.75) is 39.2 Å². The molecule has 2 rings (SSSR count). The third kappa shape index (κ3) is 3.22. The van der Waals surface area contributed by atoms with Gasteiger partial charge >= 0.3 is 0 Å². The summed E-state index contributed by atoms with van der Waals surface area (Å²) in [6.07, 6.45) is 3.37. The number of halogens is 1. The van der Waals surface area contributed by atoms with Crippen molar-refractivity contribution in [3.8, 4) is 11.8 Å². The van der Waals surface area contributed by atoms with Crippen LogP contribution in [0.1, 0.15) is 38.7 Å². The summed E-state index contributed by atoms with van der Waals surface area (Å²) in [5.41, 5.74) is 0.307. The Balaban J connectivity index is 2.09. The highest BCUT2D eigenvalue weighted by Crippen LogP contribution is 2.31. The smallest absolute Gasteiger partial charge is 0.128 e. The predicted octanol–water partition coefficient (Wildman–Crippen LogP) is 3.90. The van der Waals surface area contributed by atoms with Gasteiger partial charge in [0.15, 0.2) is 0 Å². The molecule has 0 saturated heterocycles. The van der Waals surface area contributed by atoms with Crippen LogP contribution in [0.3, 0.4) is 0 Å². The second-order valence-electron chi connectivity index (χ2n) is 5.44. The summed E-state index contributed by atoms with van der Waals surface area (Å²) in [5, 5.41) is 8.80. The fraction of sp³-hybridized carbons (Fsp3) is 0.533. The number of nitriles is 1. The molecule has 1 aromatic carbocycles. The molecule has 1 aliphatic rings. The molecule has 0 aromatic heterocycles. The molecule has 18 heavy (non-hydrogen) atoms. The van der Waals surface area contributed by atoms with Crippen LogP contribution in [0.2, 0.25) is 0 Å². The average molecular weight is 247 g/mol. The van der Waals surface area contributed by atoms with E-state index in [9.17, 15) is 4.39 Å². The molecule has 2 atom stereocenters. The lowest BCUT2D eigenvalue weighted by Crippen LogP contribution is -2.28. The summed E-state index contributed by atoms with van der Waals surface area (Å²) in [5.74, 6) is 1.34. The first-order chi connectivity index (χ1) is 8.56. The molecule has 0 amide bonds. The third-order valence-corrected chi connectivity index (χ3v) is 3.44. The van der Waals surface area contributed by atoms with Gasteiger partial charge in [0.05, 0.1) is 17.7 Å². The van der Waals surface area contributed by atoms with E-state index in [0.29, 0.717) is 23.1 Å². The maximum Gasteiger partial charge on any atom is 0.128 e. The normalized spacial score (nSPS) is 27.6. The Kier molecular flexibility index (Phi) is 3.86. The minimum atomic E-state index is -0.416. The largest absolute Gasteiger partial charge is 0.490 e. The first-order valence-corrected chi connectivity index (χ1v) is 6.44. The number of hydrogen-bond acceptors (Lipinski definition) is 2. The van der Waals surface area contributed by atoms with E-state index in [1.165, 1.54) is 18.6 Å². The van der Waals surface area contributed by atoms with Gasteiger partial charge in [-0.3, -0.25) is 0 Å². The van der Waals surface area contributed by atoms with Gasteiger partial charge < -0.3 is 4.74 Å². The maximum absolute atomic E-state index is 13.3. The summed E-state index contributed by atoms with van der Waals surface area (Å²) in [6.45, 7) is 4.44. The molecule has 1 aromatic rings. The van der Waals surface area contributed by atoms with Gasteiger partial charge in [-0.15, -0.1) is 0 Å². The fourth-order valence-electron chi connectivity index (χ4n) is 2.86. The molecule has 0 radical (unpaired) electrons. The lowest BCUT2D eigenvalue weighted by atomic mass is 9.82. The van der Waals surface area contributed by atoms with Crippen LogP contribution in [0.15, 0.2) is 18.2 Å². The van der Waals surface area contributed by atoms with E-state index in [4.69, 9.17) is 10.00 Å². The van der Waals surface area contributed by atoms with Gasteiger partial charge in [0, 0.05) is 6.07 Å². The molecule has 0 bridgehead atoms. The van der Waals surface area contributed by atoms with Crippen LogP contribution in [0.25, 0.3) is 0 Å². The number of nitrogens with zero attached hydrogens (tertiary/aromatic N) is 1. The van der Waals surface area contributed by atoms with Crippen molar-refractivity contribution < 1.29 is 9.13 Å². The highest BCUT2D eigenvalue weighted by Gasteiger charge is 2.25. The van der Waals surface area contributed by atoms with Crippen LogP contribution >= 0.6 is 0 Å². The van der Waals surface area contributed by atoms with Gasteiger partial charge in [-0.05, 0) is 43.2 Å². The highest BCUT2D eigenvalue weighted by molar-refractivity contribution is 5.37. The van der Waals surface area contributed by atoms with Crippen LogP contribution in [0.4, 0.5) is 4.39 Å². The second kappa shape index (κ2) is 5.39. The Bertz CT molecular complexity index is 456. The Morgan fingerprint density at radius 1 is 1.17 bits per heavy atom. The van der Waals surface area contributed by atoms with E-state index >= 15 is 0 Å². The zero-order valence-electron chi connectivity index (χ0n) is 10.8. The van der Waals surface area contributed by atoms with Crippen molar-refractivity contribution in [1.29, 1.82) is 5.26 Å². The number of hydrogen-bond donors (Lipinski definition) is 0. The molecule has 96 valence electrons. The van der Waals surface area contributed by atoms with Crippen molar-refractivity contribution in [3.05, 3.63) is 29.6 Å². The lowest BCUT2D eigenvalue weighted by Gasteiger charge is -2.31. The third-order valence-electron chi connectivity index (χ3n) is 3.44. The SMILES string of the molecule is CC1CC(C)CC(Oc2cc(F)cc(C#N)c2)C1. The van der Waals surface area contributed by atoms with Gasteiger partial charge in [-0.1, -0.05) is 13.8 Å². The minimum absolute atomic E-state index is 0.136. The van der Waals surface area contributed by atoms with Gasteiger partial charge in [0.25, 0.3) is 0 Å². The number of rotatable bonds is 2. The maximum atomic E-state index is 13.3. The molecule has 3 heteroatoms. The van der Waals surface area contributed by atoms with Gasteiger partial charge in [0.2, 0.25) is 0 Å². The average Bonchev–Trinajstić information content (AvgIpc) is 2.26. The molecule has 2 unspecified atom stereocenters. The molecule has 1 fully saturated rings. The van der Waals surface area contributed by atoms with Crippen molar-refractivity contribution in [1.82, 2.24) is 0 Å². The number of benzene rings is 1. The van der Waals surface area contributed by atoms with Gasteiger partial charge in [-0.2, -0.15) is 5.26 Å². The summed E-state index contributed by atoms with van der Waals surface area (Å²) < 4.78 is 19.1. The van der Waals surface area contributed by atoms with Crippen molar-refractivity contribution in [2.75, 3.05) is 0 Å². The van der Waals surface area contributed by atoms with E-state index in [1.807, 2.05) is 6.07 Å². The molecule has 0 spiro atoms. The molecule has 2 nitrogen and oxygen atoms in total. The Hall–Kier alpha value is -1.56. The molecule has 0 N–H and O–H groups in total. The first kappa shape index (κ1) is 12.9. The molecular weight excluding hydrogens is 229 g/mol. The monoisotopic (exact) mass is 247 g/mol. The molecule has 0 heterocycles. The van der Waals surface area contributed by atoms with E-state index < -0.39 is 5.82 Å². The fourth-order valence-corrected chi connectivity index (χ4v) is 2.86. The van der Waals surface area contributed by atoms with Crippen LogP contribution < -0.4 is 4.74 Å².